The van der Waals surface area contributed by atoms with Crippen LogP contribution in [-0.4, -0.2) is 23.1 Å². The van der Waals surface area contributed by atoms with Gasteiger partial charge in [0.2, 0.25) is 5.91 Å². The Kier molecular flexibility index (Phi) is 6.95. The van der Waals surface area contributed by atoms with Crippen LogP contribution in [0.5, 0.6) is 5.75 Å². The highest BCUT2D eigenvalue weighted by Crippen LogP contribution is 2.34. The molecule has 0 aliphatic carbocycles. The van der Waals surface area contributed by atoms with Gasteiger partial charge in [-0.05, 0) is 49.0 Å². The number of carbonyl (C=O) groups excluding carboxylic acids is 1. The van der Waals surface area contributed by atoms with Crippen LogP contribution < -0.4 is 15.4 Å². The van der Waals surface area contributed by atoms with Gasteiger partial charge in [0.1, 0.15) is 10.8 Å². The van der Waals surface area contributed by atoms with E-state index in [0.29, 0.717) is 17.9 Å². The van der Waals surface area contributed by atoms with E-state index in [0.717, 1.165) is 40.1 Å². The third kappa shape index (κ3) is 5.05. The second kappa shape index (κ2) is 9.61. The average Bonchev–Trinajstić information content (AvgIpc) is 3.12. The summed E-state index contributed by atoms with van der Waals surface area (Å²) >= 11 is 6.93. The van der Waals surface area contributed by atoms with E-state index in [1.807, 2.05) is 36.4 Å². The molecule has 0 aliphatic heterocycles. The van der Waals surface area contributed by atoms with Crippen LogP contribution in [0.25, 0.3) is 20.8 Å². The summed E-state index contributed by atoms with van der Waals surface area (Å²) in [6.45, 7) is 2.11. The summed E-state index contributed by atoms with van der Waals surface area (Å²) in [6.07, 6.45) is 3.44. The van der Waals surface area contributed by atoms with Crippen molar-refractivity contribution in [2.75, 3.05) is 12.4 Å². The fraction of sp³-hybridized carbons (Fsp3) is 0.286. The Morgan fingerprint density at radius 3 is 2.79 bits per heavy atom. The lowest BCUT2D eigenvalue weighted by Crippen LogP contribution is -2.34. The lowest BCUT2D eigenvalue weighted by molar-refractivity contribution is -0.119. The summed E-state index contributed by atoms with van der Waals surface area (Å²) in [4.78, 5) is 16.7. The Bertz CT molecular complexity index is 952. The maximum atomic E-state index is 12.0. The first-order valence-corrected chi connectivity index (χ1v) is 10.5. The van der Waals surface area contributed by atoms with Crippen LogP contribution in [0.4, 0.5) is 5.69 Å². The third-order valence-corrected chi connectivity index (χ3v) is 5.54. The van der Waals surface area contributed by atoms with E-state index in [9.17, 15) is 4.79 Å². The number of aromatic nitrogens is 1. The van der Waals surface area contributed by atoms with Crippen molar-refractivity contribution in [1.82, 2.24) is 10.3 Å². The normalized spacial score (nSPS) is 10.6. The Morgan fingerprint density at radius 1 is 1.21 bits per heavy atom. The molecule has 0 saturated heterocycles. The molecule has 28 heavy (non-hydrogen) atoms. The number of anilines is 1. The van der Waals surface area contributed by atoms with Gasteiger partial charge in [-0.1, -0.05) is 31.9 Å². The number of hydrogen-bond donors (Lipinski definition) is 2. The first kappa shape index (κ1) is 20.2. The van der Waals surface area contributed by atoms with Gasteiger partial charge in [0.25, 0.3) is 0 Å². The minimum atomic E-state index is -0.0766. The van der Waals surface area contributed by atoms with Gasteiger partial charge >= 0.3 is 0 Å². The third-order valence-electron chi connectivity index (χ3n) is 4.25. The number of fused-ring (bicyclic) bond motifs is 1. The molecule has 7 heteroatoms. The number of benzene rings is 2. The number of rotatable bonds is 7. The Labute approximate surface area is 174 Å². The molecule has 1 heterocycles. The topological polar surface area (TPSA) is 63.2 Å². The van der Waals surface area contributed by atoms with Crippen molar-refractivity contribution in [3.8, 4) is 16.3 Å². The smallest absolute Gasteiger partial charge is 0.226 e. The molecule has 0 saturated carbocycles. The number of thiazole rings is 1. The molecule has 0 atom stereocenters. The lowest BCUT2D eigenvalue weighted by atomic mass is 10.2. The number of ether oxygens (including phenoxy) is 1. The highest BCUT2D eigenvalue weighted by Gasteiger charge is 2.12. The molecule has 0 unspecified atom stereocenters. The summed E-state index contributed by atoms with van der Waals surface area (Å²) in [5, 5.41) is 6.99. The van der Waals surface area contributed by atoms with E-state index < -0.39 is 0 Å². The Balaban J connectivity index is 1.75. The quantitative estimate of drug-likeness (QED) is 0.403. The largest absolute Gasteiger partial charge is 0.495 e. The number of thiocarbonyl (C=S) groups is 1. The second-order valence-corrected chi connectivity index (χ2v) is 7.80. The lowest BCUT2D eigenvalue weighted by Gasteiger charge is -2.13. The second-order valence-electron chi connectivity index (χ2n) is 6.36. The van der Waals surface area contributed by atoms with Gasteiger partial charge in [0.05, 0.1) is 23.0 Å². The van der Waals surface area contributed by atoms with Crippen LogP contribution in [0.15, 0.2) is 42.5 Å². The Hall–Kier alpha value is -2.51. The Morgan fingerprint density at radius 2 is 2.04 bits per heavy atom. The van der Waals surface area contributed by atoms with E-state index in [1.165, 1.54) is 0 Å². The molecule has 0 aliphatic rings. The van der Waals surface area contributed by atoms with Crippen LogP contribution in [-0.2, 0) is 4.79 Å². The van der Waals surface area contributed by atoms with Crippen LogP contribution in [0, 0.1) is 0 Å². The number of unbranched alkanes of at least 4 members (excludes halogenated alkanes) is 2. The van der Waals surface area contributed by atoms with Gasteiger partial charge in [-0.3, -0.25) is 4.79 Å². The number of nitrogens with one attached hydrogen (secondary N) is 2. The summed E-state index contributed by atoms with van der Waals surface area (Å²) in [6, 6.07) is 13.8. The first-order chi connectivity index (χ1) is 13.6. The van der Waals surface area contributed by atoms with E-state index >= 15 is 0 Å². The molecule has 0 radical (unpaired) electrons. The SMILES string of the molecule is CCCCCC(=O)NC(=S)Nc1cc(-c2nc3ccccc3s2)ccc1OC. The average molecular weight is 414 g/mol. The number of para-hydroxylation sites is 1. The predicted molar refractivity (Wildman–Crippen MR) is 120 cm³/mol. The molecule has 0 fully saturated rings. The van der Waals surface area contributed by atoms with Crippen LogP contribution >= 0.6 is 23.6 Å². The standard InChI is InChI=1S/C21H23N3O2S2/c1-3-4-5-10-19(25)24-21(27)23-16-13-14(11-12-17(16)26-2)20-22-15-8-6-7-9-18(15)28-20/h6-9,11-13H,3-5,10H2,1-2H3,(H2,23,24,25,27). The van der Waals surface area contributed by atoms with Crippen LogP contribution in [0.1, 0.15) is 32.6 Å². The maximum absolute atomic E-state index is 12.0. The van der Waals surface area contributed by atoms with Crippen LogP contribution in [0.3, 0.4) is 0 Å². The van der Waals surface area contributed by atoms with Gasteiger partial charge in [-0.15, -0.1) is 11.3 Å². The molecule has 146 valence electrons. The van der Waals surface area contributed by atoms with E-state index in [2.05, 4.69) is 23.6 Å². The summed E-state index contributed by atoms with van der Waals surface area (Å²) in [7, 11) is 1.60. The number of amides is 1. The van der Waals surface area contributed by atoms with Crippen molar-refractivity contribution in [3.05, 3.63) is 42.5 Å². The van der Waals surface area contributed by atoms with Gasteiger partial charge < -0.3 is 15.4 Å². The van der Waals surface area contributed by atoms with E-state index in [4.69, 9.17) is 21.9 Å². The van der Waals surface area contributed by atoms with Crippen molar-refractivity contribution in [1.29, 1.82) is 0 Å². The van der Waals surface area contributed by atoms with Gasteiger partial charge in [0.15, 0.2) is 5.11 Å². The first-order valence-electron chi connectivity index (χ1n) is 9.25. The van der Waals surface area contributed by atoms with Gasteiger partial charge in [0, 0.05) is 12.0 Å². The number of carbonyl (C=O) groups is 1. The highest BCUT2D eigenvalue weighted by molar-refractivity contribution is 7.80. The zero-order chi connectivity index (χ0) is 19.9. The molecule has 2 N–H and O–H groups in total. The van der Waals surface area contributed by atoms with Gasteiger partial charge in [-0.2, -0.15) is 0 Å². The van der Waals surface area contributed by atoms with E-state index in [-0.39, 0.29) is 11.0 Å². The number of methoxy groups -OCH3 is 1. The molecule has 3 rings (SSSR count). The van der Waals surface area contributed by atoms with Crippen molar-refractivity contribution in [3.63, 3.8) is 0 Å². The zero-order valence-electron chi connectivity index (χ0n) is 16.0. The molecule has 0 spiro atoms. The molecule has 1 amide bonds. The summed E-state index contributed by atoms with van der Waals surface area (Å²) in [5.41, 5.74) is 2.63. The number of hydrogen-bond acceptors (Lipinski definition) is 5. The highest BCUT2D eigenvalue weighted by atomic mass is 32.1. The fourth-order valence-electron chi connectivity index (χ4n) is 2.81. The maximum Gasteiger partial charge on any atom is 0.226 e. The van der Waals surface area contributed by atoms with Crippen molar-refractivity contribution >= 4 is 50.5 Å². The molecular formula is C21H23N3O2S2. The molecule has 3 aromatic rings. The zero-order valence-corrected chi connectivity index (χ0v) is 17.6. The summed E-state index contributed by atoms with van der Waals surface area (Å²) < 4.78 is 6.57. The predicted octanol–water partition coefficient (Wildman–Crippen LogP) is 5.37. The van der Waals surface area contributed by atoms with Crippen molar-refractivity contribution < 1.29 is 9.53 Å². The van der Waals surface area contributed by atoms with Crippen LogP contribution in [0.2, 0.25) is 0 Å². The fourth-order valence-corrected chi connectivity index (χ4v) is 4.00. The minimum absolute atomic E-state index is 0.0766. The van der Waals surface area contributed by atoms with Crippen molar-refractivity contribution in [2.24, 2.45) is 0 Å². The summed E-state index contributed by atoms with van der Waals surface area (Å²) in [5.74, 6) is 0.569. The van der Waals surface area contributed by atoms with E-state index in [1.54, 1.807) is 18.4 Å². The monoisotopic (exact) mass is 413 g/mol. The van der Waals surface area contributed by atoms with Gasteiger partial charge in [-0.25, -0.2) is 4.98 Å². The number of nitrogens with zero attached hydrogens (tertiary/aromatic N) is 1. The molecular weight excluding hydrogens is 390 g/mol. The molecule has 1 aromatic heterocycles. The van der Waals surface area contributed by atoms with Crippen molar-refractivity contribution in [2.45, 2.75) is 32.6 Å². The molecule has 0 bridgehead atoms. The minimum Gasteiger partial charge on any atom is -0.495 e. The molecule has 5 nitrogen and oxygen atoms in total. The molecule has 2 aromatic carbocycles.